The van der Waals surface area contributed by atoms with Gasteiger partial charge in [-0.3, -0.25) is 19.8 Å². The molecule has 0 spiro atoms. The van der Waals surface area contributed by atoms with E-state index in [4.69, 9.17) is 0 Å². The van der Waals surface area contributed by atoms with Crippen molar-refractivity contribution in [3.8, 4) is 0 Å². The number of nitrogens with zero attached hydrogens (tertiary/aromatic N) is 2. The van der Waals surface area contributed by atoms with E-state index in [1.165, 1.54) is 7.05 Å². The first-order chi connectivity index (χ1) is 11.5. The Morgan fingerprint density at radius 2 is 1.92 bits per heavy atom. The summed E-state index contributed by atoms with van der Waals surface area (Å²) in [6.07, 6.45) is 0.796. The molecule has 1 fully saturated rings. The summed E-state index contributed by atoms with van der Waals surface area (Å²) in [5, 5.41) is 4.60. The molecule has 24 heavy (non-hydrogen) atoms. The topological polar surface area (TPSA) is 81.8 Å². The van der Waals surface area contributed by atoms with E-state index in [1.54, 1.807) is 0 Å². The lowest BCUT2D eigenvalue weighted by molar-refractivity contribution is -0.121. The third-order valence-electron chi connectivity index (χ3n) is 3.99. The Morgan fingerprint density at radius 1 is 1.12 bits per heavy atom. The maximum Gasteiger partial charge on any atom is 0.321 e. The lowest BCUT2D eigenvalue weighted by Crippen LogP contribution is -2.44. The van der Waals surface area contributed by atoms with Crippen molar-refractivity contribution >= 4 is 17.8 Å². The van der Waals surface area contributed by atoms with Gasteiger partial charge in [0.2, 0.25) is 5.91 Å². The molecule has 0 radical (unpaired) electrons. The van der Waals surface area contributed by atoms with E-state index in [0.29, 0.717) is 25.2 Å². The fraction of sp³-hybridized carbons (Fsp3) is 0.471. The molecule has 0 unspecified atom stereocenters. The smallest absolute Gasteiger partial charge is 0.321 e. The van der Waals surface area contributed by atoms with Crippen LogP contribution in [0.5, 0.6) is 0 Å². The van der Waals surface area contributed by atoms with Crippen molar-refractivity contribution in [1.29, 1.82) is 0 Å². The van der Waals surface area contributed by atoms with Crippen LogP contribution in [0, 0.1) is 6.92 Å². The van der Waals surface area contributed by atoms with Gasteiger partial charge in [-0.15, -0.1) is 0 Å². The van der Waals surface area contributed by atoms with E-state index in [2.05, 4.69) is 10.6 Å². The first-order valence-electron chi connectivity index (χ1n) is 8.09. The van der Waals surface area contributed by atoms with E-state index in [9.17, 15) is 14.4 Å². The third-order valence-corrected chi connectivity index (χ3v) is 3.99. The zero-order valence-corrected chi connectivity index (χ0v) is 14.2. The van der Waals surface area contributed by atoms with Gasteiger partial charge in [0.25, 0.3) is 5.91 Å². The van der Waals surface area contributed by atoms with Gasteiger partial charge >= 0.3 is 6.03 Å². The molecule has 4 amide bonds. The second-order valence-electron chi connectivity index (χ2n) is 5.92. The largest absolute Gasteiger partial charge is 0.341 e. The van der Waals surface area contributed by atoms with Crippen LogP contribution in [-0.4, -0.2) is 67.4 Å². The van der Waals surface area contributed by atoms with Gasteiger partial charge in [0.1, 0.15) is 0 Å². The highest BCUT2D eigenvalue weighted by Crippen LogP contribution is 2.11. The van der Waals surface area contributed by atoms with E-state index in [0.717, 1.165) is 18.5 Å². The zero-order valence-electron chi connectivity index (χ0n) is 14.2. The molecule has 7 heteroatoms. The molecule has 2 N–H and O–H groups in total. The van der Waals surface area contributed by atoms with E-state index >= 15 is 0 Å². The van der Waals surface area contributed by atoms with Crippen molar-refractivity contribution in [2.75, 3.05) is 39.8 Å². The lowest BCUT2D eigenvalue weighted by Gasteiger charge is -2.22. The van der Waals surface area contributed by atoms with E-state index < -0.39 is 6.03 Å². The number of hydrogen-bond donors (Lipinski definition) is 2. The lowest BCUT2D eigenvalue weighted by atomic mass is 10.1. The summed E-state index contributed by atoms with van der Waals surface area (Å²) in [5.74, 6) is -0.317. The number of imide groups is 1. The van der Waals surface area contributed by atoms with Crippen LogP contribution in [-0.2, 0) is 4.79 Å². The quantitative estimate of drug-likeness (QED) is 0.849. The van der Waals surface area contributed by atoms with Gasteiger partial charge in [0.05, 0.1) is 6.54 Å². The monoisotopic (exact) mass is 332 g/mol. The number of aryl methyl sites for hydroxylation is 1. The maximum atomic E-state index is 12.6. The van der Waals surface area contributed by atoms with Gasteiger partial charge in [-0.25, -0.2) is 4.79 Å². The first kappa shape index (κ1) is 17.9. The summed E-state index contributed by atoms with van der Waals surface area (Å²) in [7, 11) is 1.46. The molecule has 0 aliphatic carbocycles. The van der Waals surface area contributed by atoms with Crippen LogP contribution in [0.15, 0.2) is 24.3 Å². The van der Waals surface area contributed by atoms with Gasteiger partial charge in [-0.1, -0.05) is 17.7 Å². The van der Waals surface area contributed by atoms with Crippen molar-refractivity contribution in [3.05, 3.63) is 35.4 Å². The number of carbonyl (C=O) groups excluding carboxylic acids is 3. The molecule has 7 nitrogen and oxygen atoms in total. The molecule has 1 heterocycles. The Morgan fingerprint density at radius 3 is 2.62 bits per heavy atom. The van der Waals surface area contributed by atoms with Crippen molar-refractivity contribution < 1.29 is 14.4 Å². The number of urea groups is 1. The molecule has 1 aromatic carbocycles. The number of benzene rings is 1. The van der Waals surface area contributed by atoms with Gasteiger partial charge in [-0.2, -0.15) is 0 Å². The molecule has 0 bridgehead atoms. The van der Waals surface area contributed by atoms with E-state index in [1.807, 2.05) is 41.0 Å². The number of amides is 4. The molecular weight excluding hydrogens is 308 g/mol. The molecular formula is C17H24N4O3. The minimum absolute atomic E-state index is 0.0235. The second-order valence-corrected chi connectivity index (χ2v) is 5.92. The number of hydrogen-bond acceptors (Lipinski definition) is 4. The molecule has 1 aliphatic rings. The van der Waals surface area contributed by atoms with Gasteiger partial charge < -0.3 is 10.2 Å². The Kier molecular flexibility index (Phi) is 6.31. The highest BCUT2D eigenvalue weighted by Gasteiger charge is 2.21. The summed E-state index contributed by atoms with van der Waals surface area (Å²) in [4.78, 5) is 39.3. The van der Waals surface area contributed by atoms with Crippen molar-refractivity contribution in [1.82, 2.24) is 20.4 Å². The average molecular weight is 332 g/mol. The molecule has 0 atom stereocenters. The predicted molar refractivity (Wildman–Crippen MR) is 90.7 cm³/mol. The van der Waals surface area contributed by atoms with Crippen LogP contribution in [0.25, 0.3) is 0 Å². The Labute approximate surface area is 142 Å². The highest BCUT2D eigenvalue weighted by atomic mass is 16.2. The summed E-state index contributed by atoms with van der Waals surface area (Å²) in [5.41, 5.74) is 1.75. The summed E-state index contributed by atoms with van der Waals surface area (Å²) < 4.78 is 0. The predicted octanol–water partition coefficient (Wildman–Crippen LogP) is 0.599. The van der Waals surface area contributed by atoms with Gasteiger partial charge in [0.15, 0.2) is 0 Å². The van der Waals surface area contributed by atoms with Crippen LogP contribution in [0.4, 0.5) is 4.79 Å². The highest BCUT2D eigenvalue weighted by molar-refractivity contribution is 5.95. The molecule has 130 valence electrons. The minimum atomic E-state index is -0.508. The zero-order chi connectivity index (χ0) is 17.5. The third kappa shape index (κ3) is 5.06. The summed E-state index contributed by atoms with van der Waals surface area (Å²) in [6.45, 7) is 4.68. The second kappa shape index (κ2) is 8.44. The Bertz CT molecular complexity index is 618. The number of carbonyl (C=O) groups is 3. The fourth-order valence-corrected chi connectivity index (χ4v) is 2.72. The number of rotatable bonds is 3. The van der Waals surface area contributed by atoms with Crippen molar-refractivity contribution in [3.63, 3.8) is 0 Å². The van der Waals surface area contributed by atoms with Crippen LogP contribution < -0.4 is 10.6 Å². The van der Waals surface area contributed by atoms with Gasteiger partial charge in [0, 0.05) is 38.8 Å². The van der Waals surface area contributed by atoms with Crippen LogP contribution >= 0.6 is 0 Å². The minimum Gasteiger partial charge on any atom is -0.341 e. The normalized spacial score (nSPS) is 15.5. The molecule has 2 rings (SSSR count). The molecule has 1 saturated heterocycles. The summed E-state index contributed by atoms with van der Waals surface area (Å²) in [6, 6.07) is 7.06. The van der Waals surface area contributed by atoms with Crippen LogP contribution in [0.3, 0.4) is 0 Å². The SMILES string of the molecule is CNC(=O)NC(=O)CN1CCCN(C(=O)c2cccc(C)c2)CC1. The molecule has 0 saturated carbocycles. The Hall–Kier alpha value is -2.41. The van der Waals surface area contributed by atoms with Crippen molar-refractivity contribution in [2.24, 2.45) is 0 Å². The molecule has 1 aliphatic heterocycles. The average Bonchev–Trinajstić information content (AvgIpc) is 2.79. The molecule has 1 aromatic rings. The van der Waals surface area contributed by atoms with Gasteiger partial charge in [-0.05, 0) is 25.5 Å². The maximum absolute atomic E-state index is 12.6. The van der Waals surface area contributed by atoms with Crippen LogP contribution in [0.1, 0.15) is 22.3 Å². The summed E-state index contributed by atoms with van der Waals surface area (Å²) >= 11 is 0. The van der Waals surface area contributed by atoms with E-state index in [-0.39, 0.29) is 18.4 Å². The Balaban J connectivity index is 1.89. The van der Waals surface area contributed by atoms with Crippen molar-refractivity contribution in [2.45, 2.75) is 13.3 Å². The molecule has 0 aromatic heterocycles. The van der Waals surface area contributed by atoms with Crippen LogP contribution in [0.2, 0.25) is 0 Å². The standard InChI is InChI=1S/C17H24N4O3/c1-13-5-3-6-14(11-13)16(23)21-8-4-7-20(9-10-21)12-15(22)19-17(24)18-2/h3,5-6,11H,4,7-10,12H2,1-2H3,(H2,18,19,22,24). The number of nitrogens with one attached hydrogen (secondary N) is 2. The fourth-order valence-electron chi connectivity index (χ4n) is 2.72. The first-order valence-corrected chi connectivity index (χ1v) is 8.09.